The average molecular weight is 211 g/mol. The molecule has 1 aliphatic heterocycles. The van der Waals surface area contributed by atoms with Crippen molar-refractivity contribution in [3.63, 3.8) is 0 Å². The highest BCUT2D eigenvalue weighted by Gasteiger charge is 2.36. The predicted octanol–water partition coefficient (Wildman–Crippen LogP) is 1.02. The molecule has 0 aliphatic carbocycles. The van der Waals surface area contributed by atoms with E-state index in [1.165, 1.54) is 6.08 Å². The van der Waals surface area contributed by atoms with E-state index in [1.807, 2.05) is 0 Å². The van der Waals surface area contributed by atoms with Gasteiger partial charge in [-0.1, -0.05) is 24.8 Å². The van der Waals surface area contributed by atoms with E-state index >= 15 is 0 Å². The minimum atomic E-state index is -1.04. The molecule has 0 aromatic carbocycles. The molecule has 1 fully saturated rings. The van der Waals surface area contributed by atoms with Crippen LogP contribution in [0.5, 0.6) is 0 Å². The Morgan fingerprint density at radius 3 is 2.87 bits per heavy atom. The highest BCUT2D eigenvalue weighted by Crippen LogP contribution is 2.22. The van der Waals surface area contributed by atoms with E-state index < -0.39 is 18.1 Å². The number of carbonyl (C=O) groups is 2. The molecule has 1 atom stereocenters. The summed E-state index contributed by atoms with van der Waals surface area (Å²) in [6, 6.07) is -0.852. The van der Waals surface area contributed by atoms with Crippen LogP contribution in [0, 0.1) is 0 Å². The summed E-state index contributed by atoms with van der Waals surface area (Å²) in [4.78, 5) is 23.4. The van der Waals surface area contributed by atoms with Gasteiger partial charge in [-0.3, -0.25) is 4.90 Å². The Bertz CT molecular complexity index is 311. The largest absolute Gasteiger partial charge is 0.480 e. The van der Waals surface area contributed by atoms with E-state index in [2.05, 4.69) is 13.2 Å². The second-order valence-corrected chi connectivity index (χ2v) is 3.30. The maximum absolute atomic E-state index is 11.4. The van der Waals surface area contributed by atoms with Gasteiger partial charge in [0.1, 0.15) is 12.6 Å². The maximum atomic E-state index is 11.4. The Labute approximate surface area is 87.6 Å². The Kier molecular flexibility index (Phi) is 3.49. The molecule has 0 aromatic rings. The van der Waals surface area contributed by atoms with Crippen LogP contribution in [0.15, 0.2) is 24.8 Å². The maximum Gasteiger partial charge on any atom is 0.411 e. The monoisotopic (exact) mass is 211 g/mol. The lowest BCUT2D eigenvalue weighted by atomic mass is 10.2. The number of carboxylic acid groups (broad SMARTS) is 1. The van der Waals surface area contributed by atoms with Crippen molar-refractivity contribution >= 4 is 12.1 Å². The number of amides is 1. The zero-order chi connectivity index (χ0) is 11.4. The van der Waals surface area contributed by atoms with Crippen molar-refractivity contribution in [1.82, 2.24) is 4.90 Å². The van der Waals surface area contributed by atoms with Gasteiger partial charge in [-0.25, -0.2) is 9.59 Å². The molecule has 1 heterocycles. The van der Waals surface area contributed by atoms with Crippen molar-refractivity contribution in [2.75, 3.05) is 13.2 Å². The smallest absolute Gasteiger partial charge is 0.411 e. The van der Waals surface area contributed by atoms with E-state index in [4.69, 9.17) is 9.84 Å². The highest BCUT2D eigenvalue weighted by molar-refractivity contribution is 5.81. The molecule has 1 saturated heterocycles. The van der Waals surface area contributed by atoms with Gasteiger partial charge in [0.25, 0.3) is 0 Å². The van der Waals surface area contributed by atoms with Crippen molar-refractivity contribution < 1.29 is 19.4 Å². The molecule has 0 radical (unpaired) electrons. The molecule has 1 N–H and O–H groups in total. The number of hydrogen-bond donors (Lipinski definition) is 1. The molecule has 5 heteroatoms. The lowest BCUT2D eigenvalue weighted by Gasteiger charge is -2.19. The number of rotatable bonds is 3. The summed E-state index contributed by atoms with van der Waals surface area (Å²) in [7, 11) is 0. The van der Waals surface area contributed by atoms with Gasteiger partial charge in [0.05, 0.1) is 0 Å². The first-order valence-corrected chi connectivity index (χ1v) is 4.50. The summed E-state index contributed by atoms with van der Waals surface area (Å²) in [5, 5.41) is 8.87. The molecule has 1 aliphatic rings. The van der Waals surface area contributed by atoms with Crippen LogP contribution in [0.2, 0.25) is 0 Å². The fourth-order valence-electron chi connectivity index (χ4n) is 1.42. The van der Waals surface area contributed by atoms with E-state index in [9.17, 15) is 9.59 Å². The number of nitrogens with zero attached hydrogens (tertiary/aromatic N) is 1. The quantitative estimate of drug-likeness (QED) is 0.708. The molecular weight excluding hydrogens is 198 g/mol. The molecule has 1 amide bonds. The lowest BCUT2D eigenvalue weighted by Crippen LogP contribution is -2.40. The highest BCUT2D eigenvalue weighted by atomic mass is 16.6. The molecule has 15 heavy (non-hydrogen) atoms. The number of aliphatic carboxylic acids is 1. The third-order valence-electron chi connectivity index (χ3n) is 2.10. The molecule has 0 spiro atoms. The zero-order valence-corrected chi connectivity index (χ0v) is 8.31. The summed E-state index contributed by atoms with van der Waals surface area (Å²) >= 11 is 0. The van der Waals surface area contributed by atoms with Gasteiger partial charge in [0, 0.05) is 13.0 Å². The van der Waals surface area contributed by atoms with Gasteiger partial charge in [0.15, 0.2) is 0 Å². The minimum absolute atomic E-state index is 0.0775. The van der Waals surface area contributed by atoms with Gasteiger partial charge in [-0.05, 0) is 0 Å². The SMILES string of the molecule is C=CCOC(=O)N1CC(=C)C[C@H]1C(=O)O. The van der Waals surface area contributed by atoms with E-state index in [0.29, 0.717) is 6.42 Å². The van der Waals surface area contributed by atoms with E-state index in [0.717, 1.165) is 10.5 Å². The number of carboxylic acids is 1. The van der Waals surface area contributed by atoms with Crippen molar-refractivity contribution in [3.05, 3.63) is 24.8 Å². The minimum Gasteiger partial charge on any atom is -0.480 e. The van der Waals surface area contributed by atoms with Crippen LogP contribution in [0.25, 0.3) is 0 Å². The van der Waals surface area contributed by atoms with E-state index in [1.54, 1.807) is 0 Å². The van der Waals surface area contributed by atoms with Crippen molar-refractivity contribution in [2.45, 2.75) is 12.5 Å². The van der Waals surface area contributed by atoms with Crippen LogP contribution in [0.4, 0.5) is 4.79 Å². The van der Waals surface area contributed by atoms with Gasteiger partial charge in [0.2, 0.25) is 0 Å². The summed E-state index contributed by atoms with van der Waals surface area (Å²) in [5.74, 6) is -1.04. The average Bonchev–Trinajstić information content (AvgIpc) is 2.57. The number of carbonyl (C=O) groups excluding carboxylic acids is 1. The van der Waals surface area contributed by atoms with Crippen LogP contribution in [-0.4, -0.2) is 41.3 Å². The van der Waals surface area contributed by atoms with E-state index in [-0.39, 0.29) is 13.2 Å². The van der Waals surface area contributed by atoms with Crippen LogP contribution < -0.4 is 0 Å². The standard InChI is InChI=1S/C10H13NO4/c1-3-4-15-10(14)11-6-7(2)5-8(11)9(12)13/h3,8H,1-2,4-6H2,(H,12,13)/t8-/m0/s1. The zero-order valence-electron chi connectivity index (χ0n) is 8.31. The van der Waals surface area contributed by atoms with Crippen molar-refractivity contribution in [3.8, 4) is 0 Å². The molecule has 82 valence electrons. The van der Waals surface area contributed by atoms with Gasteiger partial charge in [-0.15, -0.1) is 0 Å². The molecule has 0 unspecified atom stereocenters. The Morgan fingerprint density at radius 1 is 1.67 bits per heavy atom. The first-order valence-electron chi connectivity index (χ1n) is 4.50. The van der Waals surface area contributed by atoms with Crippen LogP contribution in [0.1, 0.15) is 6.42 Å². The Balaban J connectivity index is 2.66. The fraction of sp³-hybridized carbons (Fsp3) is 0.400. The Morgan fingerprint density at radius 2 is 2.33 bits per heavy atom. The van der Waals surface area contributed by atoms with Gasteiger partial charge in [-0.2, -0.15) is 0 Å². The number of hydrogen-bond acceptors (Lipinski definition) is 3. The first kappa shape index (κ1) is 11.3. The van der Waals surface area contributed by atoms with Crippen LogP contribution in [-0.2, 0) is 9.53 Å². The second-order valence-electron chi connectivity index (χ2n) is 3.30. The predicted molar refractivity (Wildman–Crippen MR) is 53.4 cm³/mol. The molecule has 0 aromatic heterocycles. The molecular formula is C10H13NO4. The molecule has 0 saturated carbocycles. The number of likely N-dealkylation sites (tertiary alicyclic amines) is 1. The van der Waals surface area contributed by atoms with Crippen molar-refractivity contribution in [1.29, 1.82) is 0 Å². The molecule has 0 bridgehead atoms. The number of ether oxygens (including phenoxy) is 1. The summed E-state index contributed by atoms with van der Waals surface area (Å²) in [5.41, 5.74) is 0.720. The molecule has 5 nitrogen and oxygen atoms in total. The van der Waals surface area contributed by atoms with Crippen LogP contribution in [0.3, 0.4) is 0 Å². The fourth-order valence-corrected chi connectivity index (χ4v) is 1.42. The topological polar surface area (TPSA) is 66.8 Å². The summed E-state index contributed by atoms with van der Waals surface area (Å²) in [6.45, 7) is 7.39. The normalized spacial score (nSPS) is 20.1. The first-order chi connectivity index (χ1) is 7.06. The summed E-state index contributed by atoms with van der Waals surface area (Å²) in [6.07, 6.45) is 1.08. The lowest BCUT2D eigenvalue weighted by molar-refractivity contribution is -0.141. The summed E-state index contributed by atoms with van der Waals surface area (Å²) < 4.78 is 4.77. The molecule has 1 rings (SSSR count). The van der Waals surface area contributed by atoms with Gasteiger partial charge < -0.3 is 9.84 Å². The Hall–Kier alpha value is -1.78. The third kappa shape index (κ3) is 2.59. The second kappa shape index (κ2) is 4.63. The van der Waals surface area contributed by atoms with Crippen LogP contribution >= 0.6 is 0 Å². The third-order valence-corrected chi connectivity index (χ3v) is 2.10. The van der Waals surface area contributed by atoms with Crippen molar-refractivity contribution in [2.24, 2.45) is 0 Å². The van der Waals surface area contributed by atoms with Gasteiger partial charge >= 0.3 is 12.1 Å².